The molecule has 1 aromatic carbocycles. The molecule has 2 aromatic rings. The summed E-state index contributed by atoms with van der Waals surface area (Å²) in [5.41, 5.74) is 2.90. The van der Waals surface area contributed by atoms with Crippen molar-refractivity contribution in [3.8, 4) is 5.75 Å². The monoisotopic (exact) mass is 341 g/mol. The number of methoxy groups -OCH3 is 1. The van der Waals surface area contributed by atoms with Gasteiger partial charge in [-0.3, -0.25) is 4.79 Å². The molecular weight excluding hydrogens is 318 g/mol. The van der Waals surface area contributed by atoms with Crippen LogP contribution in [-0.2, 0) is 16.0 Å². The summed E-state index contributed by atoms with van der Waals surface area (Å²) < 4.78 is 11.1. The topological polar surface area (TPSA) is 64.5 Å². The first-order valence-corrected chi connectivity index (χ1v) is 8.39. The lowest BCUT2D eigenvalue weighted by Gasteiger charge is -2.32. The van der Waals surface area contributed by atoms with Crippen molar-refractivity contribution < 1.29 is 14.3 Å². The minimum atomic E-state index is -0.281. The molecule has 6 heteroatoms. The lowest BCUT2D eigenvalue weighted by atomic mass is 10.1. The van der Waals surface area contributed by atoms with Gasteiger partial charge in [0.15, 0.2) is 5.82 Å². The van der Waals surface area contributed by atoms with Gasteiger partial charge in [-0.2, -0.15) is 0 Å². The van der Waals surface area contributed by atoms with Gasteiger partial charge in [-0.1, -0.05) is 17.7 Å². The molecule has 132 valence electrons. The van der Waals surface area contributed by atoms with Crippen molar-refractivity contribution in [2.24, 2.45) is 0 Å². The maximum atomic E-state index is 12.8. The molecule has 0 saturated carbocycles. The molecule has 1 fully saturated rings. The van der Waals surface area contributed by atoms with Crippen LogP contribution in [0.5, 0.6) is 5.75 Å². The van der Waals surface area contributed by atoms with E-state index in [1.165, 1.54) is 0 Å². The normalized spacial score (nSPS) is 17.4. The predicted molar refractivity (Wildman–Crippen MR) is 93.5 cm³/mol. The molecule has 1 atom stereocenters. The van der Waals surface area contributed by atoms with Gasteiger partial charge in [0.1, 0.15) is 11.9 Å². The highest BCUT2D eigenvalue weighted by atomic mass is 16.5. The summed E-state index contributed by atoms with van der Waals surface area (Å²) in [6.45, 7) is 5.46. The fraction of sp³-hybridized carbons (Fsp3) is 0.421. The molecule has 0 radical (unpaired) electrons. The number of aryl methyl sites for hydroxylation is 2. The van der Waals surface area contributed by atoms with Gasteiger partial charge in [-0.15, -0.1) is 0 Å². The quantitative estimate of drug-likeness (QED) is 0.853. The molecule has 1 unspecified atom stereocenters. The number of hydrogen-bond acceptors (Lipinski definition) is 5. The smallest absolute Gasteiger partial charge is 0.227 e. The number of ether oxygens (including phenoxy) is 2. The van der Waals surface area contributed by atoms with Crippen LogP contribution in [0.1, 0.15) is 28.7 Å². The van der Waals surface area contributed by atoms with Crippen molar-refractivity contribution in [2.45, 2.75) is 26.4 Å². The van der Waals surface area contributed by atoms with Crippen molar-refractivity contribution in [3.05, 3.63) is 53.1 Å². The molecule has 0 aliphatic carbocycles. The van der Waals surface area contributed by atoms with E-state index in [9.17, 15) is 4.79 Å². The maximum Gasteiger partial charge on any atom is 0.227 e. The predicted octanol–water partition coefficient (Wildman–Crippen LogP) is 2.24. The largest absolute Gasteiger partial charge is 0.496 e. The second-order valence-electron chi connectivity index (χ2n) is 6.25. The average molecular weight is 341 g/mol. The van der Waals surface area contributed by atoms with Crippen LogP contribution >= 0.6 is 0 Å². The third kappa shape index (κ3) is 4.14. The Balaban J connectivity index is 1.71. The Morgan fingerprint density at radius 2 is 2.20 bits per heavy atom. The first kappa shape index (κ1) is 17.4. The zero-order chi connectivity index (χ0) is 17.8. The number of morpholine rings is 1. The third-order valence-corrected chi connectivity index (χ3v) is 4.30. The van der Waals surface area contributed by atoms with E-state index < -0.39 is 0 Å². The van der Waals surface area contributed by atoms with Gasteiger partial charge in [-0.25, -0.2) is 9.97 Å². The van der Waals surface area contributed by atoms with E-state index in [2.05, 4.69) is 9.97 Å². The number of rotatable bonds is 4. The van der Waals surface area contributed by atoms with E-state index in [-0.39, 0.29) is 12.0 Å². The highest BCUT2D eigenvalue weighted by molar-refractivity contribution is 5.79. The number of aromatic nitrogens is 2. The van der Waals surface area contributed by atoms with Crippen molar-refractivity contribution in [1.82, 2.24) is 14.9 Å². The summed E-state index contributed by atoms with van der Waals surface area (Å²) in [6.07, 6.45) is 1.75. The molecule has 6 nitrogen and oxygen atoms in total. The van der Waals surface area contributed by atoms with Crippen molar-refractivity contribution in [1.29, 1.82) is 0 Å². The van der Waals surface area contributed by atoms with Gasteiger partial charge in [0.2, 0.25) is 5.91 Å². The Morgan fingerprint density at radius 3 is 2.96 bits per heavy atom. The van der Waals surface area contributed by atoms with Crippen LogP contribution in [0.3, 0.4) is 0 Å². The van der Waals surface area contributed by atoms with Crippen LogP contribution in [0.2, 0.25) is 0 Å². The molecule has 3 rings (SSSR count). The molecule has 1 aliphatic rings. The second kappa shape index (κ2) is 7.61. The zero-order valence-corrected chi connectivity index (χ0v) is 14.9. The number of carbonyl (C=O) groups excluding carboxylic acids is 1. The number of benzene rings is 1. The molecular formula is C19H23N3O3. The minimum Gasteiger partial charge on any atom is -0.496 e. The SMILES string of the molecule is COc1ccc(C)cc1CC(=O)N1CCOC(c2nccc(C)n2)C1. The maximum absolute atomic E-state index is 12.8. The van der Waals surface area contributed by atoms with Crippen LogP contribution in [0.25, 0.3) is 0 Å². The summed E-state index contributed by atoms with van der Waals surface area (Å²) in [7, 11) is 1.62. The molecule has 1 aromatic heterocycles. The Kier molecular flexibility index (Phi) is 5.28. The molecule has 0 bridgehead atoms. The highest BCUT2D eigenvalue weighted by Crippen LogP contribution is 2.23. The van der Waals surface area contributed by atoms with E-state index in [1.54, 1.807) is 13.3 Å². The van der Waals surface area contributed by atoms with Gasteiger partial charge in [0.25, 0.3) is 0 Å². The molecule has 1 aliphatic heterocycles. The molecule has 0 N–H and O–H groups in total. The van der Waals surface area contributed by atoms with Gasteiger partial charge in [-0.05, 0) is 26.0 Å². The lowest BCUT2D eigenvalue weighted by molar-refractivity contribution is -0.138. The van der Waals surface area contributed by atoms with Crippen molar-refractivity contribution in [2.75, 3.05) is 26.8 Å². The number of carbonyl (C=O) groups is 1. The molecule has 1 amide bonds. The lowest BCUT2D eigenvalue weighted by Crippen LogP contribution is -2.43. The van der Waals surface area contributed by atoms with Crippen molar-refractivity contribution in [3.63, 3.8) is 0 Å². The van der Waals surface area contributed by atoms with Gasteiger partial charge in [0, 0.05) is 24.0 Å². The minimum absolute atomic E-state index is 0.0600. The molecule has 1 saturated heterocycles. The number of hydrogen-bond donors (Lipinski definition) is 0. The van der Waals surface area contributed by atoms with E-state index >= 15 is 0 Å². The molecule has 2 heterocycles. The second-order valence-corrected chi connectivity index (χ2v) is 6.25. The van der Waals surface area contributed by atoms with E-state index in [0.717, 1.165) is 22.6 Å². The summed E-state index contributed by atoms with van der Waals surface area (Å²) in [4.78, 5) is 23.3. The van der Waals surface area contributed by atoms with E-state index in [1.807, 2.05) is 43.0 Å². The Labute approximate surface area is 147 Å². The summed E-state index contributed by atoms with van der Waals surface area (Å²) in [5.74, 6) is 1.43. The number of nitrogens with zero attached hydrogens (tertiary/aromatic N) is 3. The van der Waals surface area contributed by atoms with Crippen LogP contribution in [0.4, 0.5) is 0 Å². The van der Waals surface area contributed by atoms with Crippen LogP contribution in [0.15, 0.2) is 30.5 Å². The fourth-order valence-electron chi connectivity index (χ4n) is 2.98. The standard InChI is InChI=1S/C19H23N3O3/c1-13-4-5-16(24-3)15(10-13)11-18(23)22-8-9-25-17(12-22)19-20-7-6-14(2)21-19/h4-7,10,17H,8-9,11-12H2,1-3H3. The van der Waals surface area contributed by atoms with E-state index in [4.69, 9.17) is 9.47 Å². The highest BCUT2D eigenvalue weighted by Gasteiger charge is 2.27. The zero-order valence-electron chi connectivity index (χ0n) is 14.9. The first-order chi connectivity index (χ1) is 12.1. The van der Waals surface area contributed by atoms with Crippen molar-refractivity contribution >= 4 is 5.91 Å². The Hall–Kier alpha value is -2.47. The third-order valence-electron chi connectivity index (χ3n) is 4.30. The van der Waals surface area contributed by atoms with Gasteiger partial charge >= 0.3 is 0 Å². The Bertz CT molecular complexity index is 763. The Morgan fingerprint density at radius 1 is 1.36 bits per heavy atom. The van der Waals surface area contributed by atoms with Crippen LogP contribution in [0, 0.1) is 13.8 Å². The fourth-order valence-corrected chi connectivity index (χ4v) is 2.98. The molecule has 0 spiro atoms. The summed E-state index contributed by atoms with van der Waals surface area (Å²) in [6, 6.07) is 7.73. The molecule has 25 heavy (non-hydrogen) atoms. The van der Waals surface area contributed by atoms with Crippen LogP contribution in [-0.4, -0.2) is 47.6 Å². The summed E-state index contributed by atoms with van der Waals surface area (Å²) in [5, 5.41) is 0. The van der Waals surface area contributed by atoms with Gasteiger partial charge in [0.05, 0.1) is 26.7 Å². The van der Waals surface area contributed by atoms with E-state index in [0.29, 0.717) is 31.9 Å². The first-order valence-electron chi connectivity index (χ1n) is 8.39. The van der Waals surface area contributed by atoms with Crippen LogP contribution < -0.4 is 4.74 Å². The summed E-state index contributed by atoms with van der Waals surface area (Å²) >= 11 is 0. The average Bonchev–Trinajstić information content (AvgIpc) is 2.62. The number of amides is 1. The van der Waals surface area contributed by atoms with Gasteiger partial charge < -0.3 is 14.4 Å².